The van der Waals surface area contributed by atoms with Crippen molar-refractivity contribution in [2.24, 2.45) is 11.8 Å². The summed E-state index contributed by atoms with van der Waals surface area (Å²) in [4.78, 5) is 25.6. The number of piperidine rings is 1. The first-order valence-corrected chi connectivity index (χ1v) is 8.01. The van der Waals surface area contributed by atoms with Gasteiger partial charge in [0.05, 0.1) is 12.5 Å². The van der Waals surface area contributed by atoms with E-state index in [9.17, 15) is 9.59 Å². The van der Waals surface area contributed by atoms with Crippen LogP contribution in [0.3, 0.4) is 0 Å². The molecule has 0 spiro atoms. The van der Waals surface area contributed by atoms with Gasteiger partial charge < -0.3 is 9.64 Å². The molecule has 0 radical (unpaired) electrons. The van der Waals surface area contributed by atoms with Crippen molar-refractivity contribution >= 4 is 11.9 Å². The summed E-state index contributed by atoms with van der Waals surface area (Å²) >= 11 is 0. The van der Waals surface area contributed by atoms with Crippen LogP contribution in [0.4, 0.5) is 0 Å². The van der Waals surface area contributed by atoms with Crippen LogP contribution in [-0.4, -0.2) is 36.5 Å². The van der Waals surface area contributed by atoms with Gasteiger partial charge in [0.25, 0.3) is 0 Å². The molecule has 1 fully saturated rings. The highest BCUT2D eigenvalue weighted by Crippen LogP contribution is 2.20. The Bertz CT molecular complexity index is 307. The number of hydrogen-bond donors (Lipinski definition) is 0. The average molecular weight is 283 g/mol. The van der Waals surface area contributed by atoms with Crippen LogP contribution in [0.2, 0.25) is 0 Å². The summed E-state index contributed by atoms with van der Waals surface area (Å²) in [5.74, 6) is 0.143. The highest BCUT2D eigenvalue weighted by molar-refractivity contribution is 5.79. The number of carbonyl (C=O) groups is 2. The molecule has 0 saturated carbocycles. The molecule has 0 N–H and O–H groups in total. The zero-order chi connectivity index (χ0) is 15.0. The first-order valence-electron chi connectivity index (χ1n) is 8.01. The SMILES string of the molecule is CCCCCCOC(=O)C1CCN(C(=O)C(C)C)CC1. The molecule has 0 atom stereocenters. The minimum Gasteiger partial charge on any atom is -0.465 e. The smallest absolute Gasteiger partial charge is 0.309 e. The van der Waals surface area contributed by atoms with Gasteiger partial charge in [-0.05, 0) is 19.3 Å². The number of hydrogen-bond acceptors (Lipinski definition) is 3. The van der Waals surface area contributed by atoms with E-state index in [-0.39, 0.29) is 23.7 Å². The molecule has 1 aliphatic rings. The van der Waals surface area contributed by atoms with E-state index in [2.05, 4.69) is 6.92 Å². The Morgan fingerprint density at radius 2 is 1.80 bits per heavy atom. The van der Waals surface area contributed by atoms with Crippen molar-refractivity contribution in [2.75, 3.05) is 19.7 Å². The molecule has 0 aliphatic carbocycles. The van der Waals surface area contributed by atoms with Crippen LogP contribution in [-0.2, 0) is 14.3 Å². The van der Waals surface area contributed by atoms with E-state index in [4.69, 9.17) is 4.74 Å². The van der Waals surface area contributed by atoms with Gasteiger partial charge in [-0.15, -0.1) is 0 Å². The zero-order valence-electron chi connectivity index (χ0n) is 13.2. The number of likely N-dealkylation sites (tertiary alicyclic amines) is 1. The predicted octanol–water partition coefficient (Wildman–Crippen LogP) is 3.00. The van der Waals surface area contributed by atoms with E-state index < -0.39 is 0 Å². The van der Waals surface area contributed by atoms with Gasteiger partial charge in [-0.2, -0.15) is 0 Å². The van der Waals surface area contributed by atoms with E-state index in [1.54, 1.807) is 0 Å². The van der Waals surface area contributed by atoms with Crippen LogP contribution in [0, 0.1) is 11.8 Å². The maximum absolute atomic E-state index is 11.9. The molecule has 0 unspecified atom stereocenters. The van der Waals surface area contributed by atoms with Gasteiger partial charge in [0, 0.05) is 19.0 Å². The van der Waals surface area contributed by atoms with Crippen LogP contribution in [0.5, 0.6) is 0 Å². The molecule has 0 aromatic heterocycles. The fourth-order valence-corrected chi connectivity index (χ4v) is 2.52. The highest BCUT2D eigenvalue weighted by Gasteiger charge is 2.28. The molecule has 4 nitrogen and oxygen atoms in total. The third-order valence-corrected chi connectivity index (χ3v) is 3.88. The van der Waals surface area contributed by atoms with E-state index in [0.29, 0.717) is 19.7 Å². The molecule has 1 saturated heterocycles. The summed E-state index contributed by atoms with van der Waals surface area (Å²) < 4.78 is 5.33. The van der Waals surface area contributed by atoms with Gasteiger partial charge in [-0.25, -0.2) is 0 Å². The third-order valence-electron chi connectivity index (χ3n) is 3.88. The van der Waals surface area contributed by atoms with Crippen molar-refractivity contribution < 1.29 is 14.3 Å². The van der Waals surface area contributed by atoms with Gasteiger partial charge in [0.15, 0.2) is 0 Å². The van der Waals surface area contributed by atoms with Gasteiger partial charge in [-0.3, -0.25) is 9.59 Å². The summed E-state index contributed by atoms with van der Waals surface area (Å²) in [6.07, 6.45) is 5.97. The lowest BCUT2D eigenvalue weighted by molar-refractivity contribution is -0.152. The van der Waals surface area contributed by atoms with Crippen molar-refractivity contribution in [3.63, 3.8) is 0 Å². The number of amides is 1. The van der Waals surface area contributed by atoms with E-state index in [1.165, 1.54) is 12.8 Å². The monoisotopic (exact) mass is 283 g/mol. The fraction of sp³-hybridized carbons (Fsp3) is 0.875. The molecule has 0 bridgehead atoms. The van der Waals surface area contributed by atoms with Crippen molar-refractivity contribution in [1.29, 1.82) is 0 Å². The summed E-state index contributed by atoms with van der Waals surface area (Å²) in [6.45, 7) is 7.92. The maximum atomic E-state index is 11.9. The fourth-order valence-electron chi connectivity index (χ4n) is 2.52. The molecule has 0 aromatic rings. The molecule has 1 amide bonds. The zero-order valence-corrected chi connectivity index (χ0v) is 13.2. The van der Waals surface area contributed by atoms with Crippen molar-refractivity contribution in [2.45, 2.75) is 59.3 Å². The Kier molecular flexibility index (Phi) is 7.63. The largest absolute Gasteiger partial charge is 0.465 e. The van der Waals surface area contributed by atoms with Crippen LogP contribution in [0.15, 0.2) is 0 Å². The number of ether oxygens (including phenoxy) is 1. The topological polar surface area (TPSA) is 46.6 Å². The minimum absolute atomic E-state index is 0.0163. The summed E-state index contributed by atoms with van der Waals surface area (Å²) in [5, 5.41) is 0. The summed E-state index contributed by atoms with van der Waals surface area (Å²) in [7, 11) is 0. The molecular formula is C16H29NO3. The lowest BCUT2D eigenvalue weighted by Crippen LogP contribution is -2.42. The van der Waals surface area contributed by atoms with E-state index in [1.807, 2.05) is 18.7 Å². The van der Waals surface area contributed by atoms with Crippen molar-refractivity contribution in [1.82, 2.24) is 4.90 Å². The first-order chi connectivity index (χ1) is 9.56. The standard InChI is InChI=1S/C16H29NO3/c1-4-5-6-7-12-20-16(19)14-8-10-17(11-9-14)15(18)13(2)3/h13-14H,4-12H2,1-3H3. The molecule has 1 heterocycles. The maximum Gasteiger partial charge on any atom is 0.309 e. The Balaban J connectivity index is 2.20. The van der Waals surface area contributed by atoms with Crippen LogP contribution in [0.1, 0.15) is 59.3 Å². The minimum atomic E-state index is -0.0712. The molecule has 0 aromatic carbocycles. The van der Waals surface area contributed by atoms with Crippen LogP contribution >= 0.6 is 0 Å². The van der Waals surface area contributed by atoms with Crippen LogP contribution in [0.25, 0.3) is 0 Å². The molecule has 1 aliphatic heterocycles. The van der Waals surface area contributed by atoms with Crippen molar-refractivity contribution in [3.8, 4) is 0 Å². The number of esters is 1. The number of unbranched alkanes of at least 4 members (excludes halogenated alkanes) is 3. The quantitative estimate of drug-likeness (QED) is 0.533. The van der Waals surface area contributed by atoms with Gasteiger partial charge in [0.2, 0.25) is 5.91 Å². The van der Waals surface area contributed by atoms with E-state index >= 15 is 0 Å². The molecule has 20 heavy (non-hydrogen) atoms. The second-order valence-corrected chi connectivity index (χ2v) is 5.98. The Labute approximate surface area is 122 Å². The predicted molar refractivity (Wildman–Crippen MR) is 79.2 cm³/mol. The molecule has 116 valence electrons. The van der Waals surface area contributed by atoms with Gasteiger partial charge in [0.1, 0.15) is 0 Å². The van der Waals surface area contributed by atoms with Crippen molar-refractivity contribution in [3.05, 3.63) is 0 Å². The Morgan fingerprint density at radius 1 is 1.15 bits per heavy atom. The van der Waals surface area contributed by atoms with Crippen LogP contribution < -0.4 is 0 Å². The number of carbonyl (C=O) groups excluding carboxylic acids is 2. The van der Waals surface area contributed by atoms with Gasteiger partial charge >= 0.3 is 5.97 Å². The Hall–Kier alpha value is -1.06. The lowest BCUT2D eigenvalue weighted by Gasteiger charge is -2.32. The number of rotatable bonds is 7. The average Bonchev–Trinajstić information content (AvgIpc) is 2.46. The summed E-state index contributed by atoms with van der Waals surface area (Å²) in [5.41, 5.74) is 0. The second-order valence-electron chi connectivity index (χ2n) is 5.98. The van der Waals surface area contributed by atoms with E-state index in [0.717, 1.165) is 25.7 Å². The summed E-state index contributed by atoms with van der Waals surface area (Å²) in [6, 6.07) is 0. The third kappa shape index (κ3) is 5.51. The highest BCUT2D eigenvalue weighted by atomic mass is 16.5. The lowest BCUT2D eigenvalue weighted by atomic mass is 9.96. The number of nitrogens with zero attached hydrogens (tertiary/aromatic N) is 1. The van der Waals surface area contributed by atoms with Gasteiger partial charge in [-0.1, -0.05) is 40.0 Å². The first kappa shape index (κ1) is 17.0. The molecule has 1 rings (SSSR count). The normalized spacial score (nSPS) is 16.5. The molecule has 4 heteroatoms. The Morgan fingerprint density at radius 3 is 2.35 bits per heavy atom. The molecular weight excluding hydrogens is 254 g/mol. The second kappa shape index (κ2) is 8.98.